The molecule has 2 aliphatic heterocycles. The number of rotatable bonds is 36. The number of amides is 4. The largest absolute Gasteiger partial charge is 0.665 e. The molecule has 1 aromatic heterocycles. The second-order valence-electron chi connectivity index (χ2n) is 35.3. The summed E-state index contributed by atoms with van der Waals surface area (Å²) < 4.78 is 9.97. The Balaban J connectivity index is 0.000000316. The van der Waals surface area contributed by atoms with Crippen LogP contribution in [-0.4, -0.2) is 60.6 Å². The number of benzene rings is 5. The molecule has 9 nitrogen and oxygen atoms in total. The summed E-state index contributed by atoms with van der Waals surface area (Å²) in [5.41, 5.74) is 15.6. The Labute approximate surface area is 767 Å². The molecule has 0 saturated heterocycles. The van der Waals surface area contributed by atoms with E-state index in [4.69, 9.17) is 16.3 Å². The molecule has 122 heavy (non-hydrogen) atoms. The van der Waals surface area contributed by atoms with Crippen LogP contribution in [0.3, 0.4) is 0 Å². The summed E-state index contributed by atoms with van der Waals surface area (Å²) in [5.74, 6) is 11.3. The Kier molecular flexibility index (Phi) is 48.0. The monoisotopic (exact) mass is 1870 g/mol. The number of nitrogens with zero attached hydrogens (tertiary/aromatic N) is 4. The fraction of sp³-hybridized carbons (Fsp3) is 0.536. The minimum atomic E-state index is -0.353. The third-order valence-electron chi connectivity index (χ3n) is 25.2. The topological polar surface area (TPSA) is 121 Å². The van der Waals surface area contributed by atoms with E-state index in [1.54, 1.807) is 42.5 Å². The van der Waals surface area contributed by atoms with Crippen LogP contribution in [0, 0.1) is 75.1 Å². The zero-order chi connectivity index (χ0) is 87.4. The van der Waals surface area contributed by atoms with Gasteiger partial charge in [0.2, 0.25) is 0 Å². The van der Waals surface area contributed by atoms with Gasteiger partial charge in [0.05, 0.1) is 38.8 Å². The van der Waals surface area contributed by atoms with Crippen molar-refractivity contribution >= 4 is 59.9 Å². The molecule has 3 heterocycles. The molecule has 6 aliphatic carbocycles. The SMILES string of the molecule is C.C#CC#CC#C.C=CCCCCCCCCCCCCCC.C=C[C@H](CC)N1C(=O)c2ccccc2C1=O.CC(C)([CH]=[Mo]=[N]C12CC3CC(CC(C3)C1)C2)c1ccccc1.CCCCCCCCCCCCCC/C=C\[C@H](CC)N1C(=O)c2ccccc2C1=O.Cc1c(Br)cc2c(c1-c1c(O)c(Br)cc3c1CCCC3)CCCC2.Cc1ccc(C)[n-]1.[HH].[HH]. The number of fused-ring (bicyclic) bond motifs is 4. The first-order valence-electron chi connectivity index (χ1n) is 46.6. The first-order chi connectivity index (χ1) is 58.6. The van der Waals surface area contributed by atoms with Gasteiger partial charge in [0.25, 0.3) is 23.6 Å². The van der Waals surface area contributed by atoms with E-state index in [-0.39, 0.29) is 69.3 Å². The van der Waals surface area contributed by atoms with E-state index < -0.39 is 0 Å². The molecule has 4 fully saturated rings. The van der Waals surface area contributed by atoms with Crippen molar-refractivity contribution in [2.75, 3.05) is 0 Å². The second kappa shape index (κ2) is 56.6. The summed E-state index contributed by atoms with van der Waals surface area (Å²) in [5, 5.41) is 11.0. The number of phenolic OH excluding ortho intramolecular Hbond substituents is 1. The van der Waals surface area contributed by atoms with Crippen molar-refractivity contribution in [3.8, 4) is 53.4 Å². The standard InChI is InChI=1S/C27H41NO2.C21H22Br2O.C16H32.C13H13NO2.C10H15N.C10H12.C6H8N.C6H2.CH4.Mo.2H2/c1-3-5-6-7-8-9-10-11-12-13-14-15-16-17-20-23(4-2)28-26(29)24-21-18-19-22-25(24)27(28)30;1-12-17(22)10-13-6-2-4-8-15(13)19(12)20-16-9-5-3-7-14(16)11-18(23)21(20)24;1-3-5-7-9-11-13-15-16-14-12-10-8-6-4-2;1-3-9(4-2)14-12(15)10-7-5-6-8-11(10)13(14)16;11-10-4-7-1-8(5-10)3-9(2-7)6-10;1-10(2,3)9-7-5-4-6-8-9;1-5-3-4-6(2)7-5;1-3-5-6-4-2;;;;/h17-23H,3-16H2,1-2H3;10-11,24H,2-9H2,1H3;3H,1,4-16H2,2H3;3,5-9H,1,4H2,2H3;7-9H,1-6H2;1,4-8H,2-3H3;3-4H,1-2H3;1-2H;1H4;;2*1H/q;;;;;;-1;;;;;/b20-17-;;;;;;;;;;;/t23-;;;9-;;;;;;;;/m0..1......../s1. The molecule has 0 radical (unpaired) electrons. The van der Waals surface area contributed by atoms with Gasteiger partial charge >= 0.3 is 143 Å². The molecule has 6 aromatic rings. The Morgan fingerprint density at radius 2 is 0.918 bits per heavy atom. The van der Waals surface area contributed by atoms with Crippen molar-refractivity contribution in [2.45, 2.75) is 362 Å². The van der Waals surface area contributed by atoms with E-state index in [2.05, 4.69) is 167 Å². The number of terminal acetylenes is 2. The summed E-state index contributed by atoms with van der Waals surface area (Å²) in [6.45, 7) is 26.8. The molecular formula is C110H153Br2MoN4O5-. The molecule has 664 valence electrons. The van der Waals surface area contributed by atoms with Gasteiger partial charge in [-0.3, -0.25) is 29.0 Å². The van der Waals surface area contributed by atoms with E-state index in [1.807, 2.05) is 58.0 Å². The first-order valence-corrected chi connectivity index (χ1v) is 50.2. The smallest absolute Gasteiger partial charge is 0.262 e. The molecule has 14 rings (SSSR count). The third kappa shape index (κ3) is 32.3. The van der Waals surface area contributed by atoms with E-state index >= 15 is 0 Å². The van der Waals surface area contributed by atoms with Gasteiger partial charge in [0.1, 0.15) is 5.75 Å². The molecule has 4 saturated carbocycles. The summed E-state index contributed by atoms with van der Waals surface area (Å²) in [6.07, 6.45) is 72.7. The Hall–Kier alpha value is -7.32. The molecule has 2 atom stereocenters. The maximum absolute atomic E-state index is 12.6. The van der Waals surface area contributed by atoms with Gasteiger partial charge in [-0.25, -0.2) is 0 Å². The minimum absolute atomic E-state index is 0. The molecule has 12 heteroatoms. The van der Waals surface area contributed by atoms with Gasteiger partial charge < -0.3 is 10.1 Å². The van der Waals surface area contributed by atoms with Crippen molar-refractivity contribution in [3.63, 3.8) is 0 Å². The maximum atomic E-state index is 12.6. The van der Waals surface area contributed by atoms with Gasteiger partial charge in [-0.2, -0.15) is 11.4 Å². The van der Waals surface area contributed by atoms with Crippen LogP contribution < -0.4 is 4.98 Å². The van der Waals surface area contributed by atoms with Crippen LogP contribution in [0.25, 0.3) is 11.1 Å². The number of aromatic hydroxyl groups is 1. The second-order valence-corrected chi connectivity index (χ2v) is 38.5. The number of halogens is 2. The van der Waals surface area contributed by atoms with Gasteiger partial charge in [0.15, 0.2) is 0 Å². The number of aromatic nitrogens is 1. The number of unbranched alkanes of at least 4 members (excludes halogenated alkanes) is 24. The average molecular weight is 1870 g/mol. The molecule has 1 N–H and O–H groups in total. The Bertz CT molecular complexity index is 4320. The summed E-state index contributed by atoms with van der Waals surface area (Å²) in [7, 11) is 0. The maximum Gasteiger partial charge on any atom is 0.262 e. The van der Waals surface area contributed by atoms with Gasteiger partial charge in [-0.1, -0.05) is 267 Å². The van der Waals surface area contributed by atoms with Crippen LogP contribution in [0.5, 0.6) is 5.75 Å². The number of hydrogen-bond acceptors (Lipinski definition) is 6. The normalized spacial score (nSPS) is 17.6. The molecule has 4 amide bonds. The fourth-order valence-electron chi connectivity index (χ4n) is 18.9. The molecule has 8 aliphatic rings. The first kappa shape index (κ1) is 103. The van der Waals surface area contributed by atoms with Crippen LogP contribution >= 0.6 is 31.9 Å². The number of carbonyl (C=O) groups excluding carboxylic acids is 4. The van der Waals surface area contributed by atoms with Gasteiger partial charge in [-0.15, -0.1) is 26.0 Å². The molecule has 5 aromatic carbocycles. The zero-order valence-electron chi connectivity index (χ0n) is 75.4. The van der Waals surface area contributed by atoms with Crippen molar-refractivity contribution in [2.24, 2.45) is 21.2 Å². The van der Waals surface area contributed by atoms with Crippen molar-refractivity contribution in [3.05, 3.63) is 217 Å². The van der Waals surface area contributed by atoms with Crippen LogP contribution in [-0.2, 0) is 49.0 Å². The van der Waals surface area contributed by atoms with Crippen LogP contribution in [0.15, 0.2) is 153 Å². The molecule has 0 spiro atoms. The number of imide groups is 2. The van der Waals surface area contributed by atoms with E-state index in [1.165, 1.54) is 278 Å². The number of phenols is 1. The van der Waals surface area contributed by atoms with Crippen LogP contribution in [0.4, 0.5) is 0 Å². The van der Waals surface area contributed by atoms with Crippen LogP contribution in [0.2, 0.25) is 0 Å². The average Bonchev–Trinajstić information content (AvgIpc) is 1.16. The summed E-state index contributed by atoms with van der Waals surface area (Å²) in [4.78, 5) is 56.1. The molecule has 4 bridgehead atoms. The predicted octanol–water partition coefficient (Wildman–Crippen LogP) is 30.5. The number of allylic oxidation sites excluding steroid dienone is 2. The van der Waals surface area contributed by atoms with Crippen LogP contribution in [0.1, 0.15) is 382 Å². The summed E-state index contributed by atoms with van der Waals surface area (Å²) >= 11 is 7.02. The Morgan fingerprint density at radius 1 is 0.541 bits per heavy atom. The predicted molar refractivity (Wildman–Crippen MR) is 524 cm³/mol. The molecular weight excluding hydrogens is 1710 g/mol. The van der Waals surface area contributed by atoms with E-state index in [0.717, 1.165) is 77.7 Å². The number of carbonyl (C=O) groups is 4. The quantitative estimate of drug-likeness (QED) is 0.0137. The zero-order valence-corrected chi connectivity index (χ0v) is 80.6. The third-order valence-corrected chi connectivity index (χ3v) is 29.5. The van der Waals surface area contributed by atoms with Crippen molar-refractivity contribution in [1.29, 1.82) is 0 Å². The van der Waals surface area contributed by atoms with E-state index in [9.17, 15) is 24.3 Å². The van der Waals surface area contributed by atoms with E-state index in [0.29, 0.717) is 40.0 Å². The Morgan fingerprint density at radius 3 is 1.30 bits per heavy atom. The van der Waals surface area contributed by atoms with Crippen molar-refractivity contribution < 1.29 is 45.1 Å². The number of aryl methyl sites for hydroxylation is 4. The summed E-state index contributed by atoms with van der Waals surface area (Å²) in [6, 6.07) is 33.1. The minimum Gasteiger partial charge on any atom is -0.665 e. The number of hydrogen-bond donors (Lipinski definition) is 1. The van der Waals surface area contributed by atoms with Gasteiger partial charge in [-0.05, 0) is 206 Å². The fourth-order valence-corrected chi connectivity index (χ4v) is 22.0. The molecule has 0 unspecified atom stereocenters. The van der Waals surface area contributed by atoms with Crippen molar-refractivity contribution in [1.82, 2.24) is 14.8 Å². The van der Waals surface area contributed by atoms with Gasteiger partial charge in [0, 0.05) is 12.9 Å².